The maximum absolute atomic E-state index is 10.4. The van der Waals surface area contributed by atoms with Gasteiger partial charge in [-0.15, -0.1) is 9.98 Å². The number of carbonyl (C=O) groups excluding carboxylic acids is 1. The van der Waals surface area contributed by atoms with Gasteiger partial charge in [-0.1, -0.05) is 0 Å². The molecule has 0 unspecified atom stereocenters. The molecule has 0 bridgehead atoms. The first kappa shape index (κ1) is 9.43. The Balaban J connectivity index is 3.09. The summed E-state index contributed by atoms with van der Waals surface area (Å²) in [4.78, 5) is 25.8. The van der Waals surface area contributed by atoms with Gasteiger partial charge in [0.25, 0.3) is 0 Å². The zero-order valence-corrected chi connectivity index (χ0v) is 5.11. The first-order valence-electron chi connectivity index (χ1n) is 2.29. The fraction of sp³-hybridized carbons (Fsp3) is 0.667. The van der Waals surface area contributed by atoms with Crippen molar-refractivity contribution < 1.29 is 24.5 Å². The zero-order chi connectivity index (χ0) is 7.82. The molecule has 0 fully saturated rings. The Kier molecular flexibility index (Phi) is 6.18. The lowest BCUT2D eigenvalue weighted by Gasteiger charge is -1.97. The summed E-state index contributed by atoms with van der Waals surface area (Å²) in [7, 11) is 0. The fourth-order valence-corrected chi connectivity index (χ4v) is 0.241. The number of hydrogen-bond donors (Lipinski definition) is 2. The molecule has 0 heterocycles. The second-order valence-electron chi connectivity index (χ2n) is 1.26. The molecular weight excluding hydrogens is 144 g/mol. The van der Waals surface area contributed by atoms with Crippen LogP contribution in [0.1, 0.15) is 0 Å². The van der Waals surface area contributed by atoms with Gasteiger partial charge < -0.3 is 0 Å². The molecule has 0 amide bonds. The van der Waals surface area contributed by atoms with Gasteiger partial charge in [-0.25, -0.2) is 9.78 Å². The molecule has 0 atom stereocenters. The lowest BCUT2D eigenvalue weighted by Crippen LogP contribution is -2.18. The van der Waals surface area contributed by atoms with Gasteiger partial charge in [0.05, 0.1) is 0 Å². The third kappa shape index (κ3) is 5.56. The summed E-state index contributed by atoms with van der Waals surface area (Å²) in [6.07, 6.45) is 0. The van der Waals surface area contributed by atoms with E-state index in [9.17, 15) is 4.79 Å². The van der Waals surface area contributed by atoms with E-state index in [0.29, 0.717) is 0 Å². The first-order valence-corrected chi connectivity index (χ1v) is 2.29. The summed E-state index contributed by atoms with van der Waals surface area (Å²) in [5.41, 5.74) is 0. The first-order chi connectivity index (χ1) is 4.81. The van der Waals surface area contributed by atoms with Crippen LogP contribution in [0.2, 0.25) is 0 Å². The van der Waals surface area contributed by atoms with Gasteiger partial charge in [0.2, 0.25) is 0 Å². The highest BCUT2D eigenvalue weighted by Gasteiger charge is 2.01. The standard InChI is InChI=1S/C3H8N2O5/c4-9-7-1-3(6)2-8-10-5/h1-2,4-5H2. The van der Waals surface area contributed by atoms with Gasteiger partial charge in [-0.05, 0) is 0 Å². The SMILES string of the molecule is NOOCC(=O)COON. The minimum absolute atomic E-state index is 0.306. The highest BCUT2D eigenvalue weighted by atomic mass is 17.3. The Hall–Kier alpha value is -0.570. The van der Waals surface area contributed by atoms with E-state index in [2.05, 4.69) is 31.5 Å². The Morgan fingerprint density at radius 1 is 1.10 bits per heavy atom. The van der Waals surface area contributed by atoms with Crippen LogP contribution in [0.4, 0.5) is 0 Å². The summed E-state index contributed by atoms with van der Waals surface area (Å²) in [5.74, 6) is 8.46. The number of hydrogen-bond acceptors (Lipinski definition) is 7. The maximum atomic E-state index is 10.4. The topological polar surface area (TPSA) is 106 Å². The van der Waals surface area contributed by atoms with Crippen molar-refractivity contribution in [2.45, 2.75) is 0 Å². The smallest absolute Gasteiger partial charge is 0.190 e. The normalized spacial score (nSPS) is 9.80. The predicted octanol–water partition coefficient (Wildman–Crippen LogP) is -1.80. The largest absolute Gasteiger partial charge is 0.294 e. The highest BCUT2D eigenvalue weighted by Crippen LogP contribution is 1.78. The second-order valence-corrected chi connectivity index (χ2v) is 1.26. The Morgan fingerprint density at radius 2 is 1.50 bits per heavy atom. The molecule has 0 aromatic heterocycles. The summed E-state index contributed by atoms with van der Waals surface area (Å²) in [5, 5.41) is 0. The van der Waals surface area contributed by atoms with Gasteiger partial charge in [0.1, 0.15) is 13.2 Å². The van der Waals surface area contributed by atoms with Crippen LogP contribution in [0.15, 0.2) is 0 Å². The molecule has 0 spiro atoms. The van der Waals surface area contributed by atoms with Crippen LogP contribution in [-0.4, -0.2) is 19.0 Å². The van der Waals surface area contributed by atoms with Crippen LogP contribution in [0, 0.1) is 0 Å². The summed E-state index contributed by atoms with van der Waals surface area (Å²) < 4.78 is 0. The molecule has 0 aliphatic heterocycles. The molecule has 4 N–H and O–H groups in total. The lowest BCUT2D eigenvalue weighted by molar-refractivity contribution is -0.307. The van der Waals surface area contributed by atoms with E-state index in [1.54, 1.807) is 0 Å². The van der Waals surface area contributed by atoms with E-state index in [0.717, 1.165) is 0 Å². The Morgan fingerprint density at radius 3 is 1.80 bits per heavy atom. The Labute approximate surface area is 56.5 Å². The number of rotatable bonds is 6. The quantitative estimate of drug-likeness (QED) is 0.341. The molecule has 0 saturated heterocycles. The van der Waals surface area contributed by atoms with Crippen molar-refractivity contribution in [2.75, 3.05) is 13.2 Å². The third-order valence-corrected chi connectivity index (χ3v) is 0.576. The monoisotopic (exact) mass is 152 g/mol. The van der Waals surface area contributed by atoms with Gasteiger partial charge in [-0.2, -0.15) is 11.8 Å². The molecule has 0 aliphatic rings. The molecular formula is C3H8N2O5. The van der Waals surface area contributed by atoms with Crippen LogP contribution >= 0.6 is 0 Å². The van der Waals surface area contributed by atoms with E-state index >= 15 is 0 Å². The van der Waals surface area contributed by atoms with Crippen molar-refractivity contribution in [1.82, 2.24) is 0 Å². The average molecular weight is 152 g/mol. The van der Waals surface area contributed by atoms with Crippen LogP contribution in [0.25, 0.3) is 0 Å². The second kappa shape index (κ2) is 6.55. The molecule has 7 heteroatoms. The van der Waals surface area contributed by atoms with Gasteiger partial charge in [0, 0.05) is 0 Å². The minimum atomic E-state index is -0.407. The number of carbonyl (C=O) groups is 1. The molecule has 0 radical (unpaired) electrons. The van der Waals surface area contributed by atoms with Gasteiger partial charge in [-0.3, -0.25) is 4.79 Å². The molecule has 0 aromatic carbocycles. The molecule has 0 aliphatic carbocycles. The van der Waals surface area contributed by atoms with Crippen molar-refractivity contribution in [3.8, 4) is 0 Å². The van der Waals surface area contributed by atoms with Crippen molar-refractivity contribution in [3.05, 3.63) is 0 Å². The maximum Gasteiger partial charge on any atom is 0.190 e. The molecule has 60 valence electrons. The van der Waals surface area contributed by atoms with Gasteiger partial charge in [0.15, 0.2) is 5.78 Å². The van der Waals surface area contributed by atoms with Crippen molar-refractivity contribution in [2.24, 2.45) is 11.8 Å². The van der Waals surface area contributed by atoms with Crippen LogP contribution in [0.3, 0.4) is 0 Å². The van der Waals surface area contributed by atoms with Crippen LogP contribution in [-0.2, 0) is 24.5 Å². The molecule has 10 heavy (non-hydrogen) atoms. The number of Topliss-reactive ketones (excluding diaryl/α,β-unsaturated/α-hetero) is 1. The van der Waals surface area contributed by atoms with Crippen molar-refractivity contribution in [3.63, 3.8) is 0 Å². The third-order valence-electron chi connectivity index (χ3n) is 0.576. The minimum Gasteiger partial charge on any atom is -0.294 e. The fourth-order valence-electron chi connectivity index (χ4n) is 0.241. The van der Waals surface area contributed by atoms with Crippen LogP contribution in [0.5, 0.6) is 0 Å². The molecule has 0 aromatic rings. The van der Waals surface area contributed by atoms with Gasteiger partial charge >= 0.3 is 0 Å². The number of nitrogens with two attached hydrogens (primary N) is 2. The Bertz CT molecular complexity index is 86.9. The molecule has 0 rings (SSSR count). The van der Waals surface area contributed by atoms with E-state index in [1.165, 1.54) is 0 Å². The van der Waals surface area contributed by atoms with E-state index < -0.39 is 5.78 Å². The molecule has 7 nitrogen and oxygen atoms in total. The lowest BCUT2D eigenvalue weighted by atomic mass is 10.5. The van der Waals surface area contributed by atoms with Crippen molar-refractivity contribution in [1.29, 1.82) is 0 Å². The summed E-state index contributed by atoms with van der Waals surface area (Å²) in [6, 6.07) is 0. The van der Waals surface area contributed by atoms with Crippen LogP contribution < -0.4 is 11.8 Å². The summed E-state index contributed by atoms with van der Waals surface area (Å²) in [6.45, 7) is -0.611. The van der Waals surface area contributed by atoms with E-state index in [1.807, 2.05) is 0 Å². The zero-order valence-electron chi connectivity index (χ0n) is 5.11. The molecule has 0 saturated carbocycles. The van der Waals surface area contributed by atoms with E-state index in [4.69, 9.17) is 0 Å². The highest BCUT2D eigenvalue weighted by molar-refractivity contribution is 5.80. The summed E-state index contributed by atoms with van der Waals surface area (Å²) >= 11 is 0. The van der Waals surface area contributed by atoms with E-state index in [-0.39, 0.29) is 13.2 Å². The average Bonchev–Trinajstić information content (AvgIpc) is 1.97. The van der Waals surface area contributed by atoms with Crippen molar-refractivity contribution >= 4 is 5.78 Å². The number of ketones is 1. The predicted molar refractivity (Wildman–Crippen MR) is 27.5 cm³/mol.